The van der Waals surface area contributed by atoms with E-state index in [0.717, 1.165) is 27.5 Å². The van der Waals surface area contributed by atoms with Gasteiger partial charge in [0.05, 0.1) is 0 Å². The summed E-state index contributed by atoms with van der Waals surface area (Å²) >= 11 is 0. The topological polar surface area (TPSA) is 51.2 Å². The largest absolute Gasteiger partial charge is 0.484 e. The Bertz CT molecular complexity index is 1080. The van der Waals surface area contributed by atoms with Gasteiger partial charge in [-0.05, 0) is 40.3 Å². The number of benzene rings is 3. The summed E-state index contributed by atoms with van der Waals surface area (Å²) in [6, 6.07) is 25.7. The molecule has 0 atom stereocenters. The summed E-state index contributed by atoms with van der Waals surface area (Å²) < 4.78 is 5.50. The number of carbonyl (C=O) groups is 1. The molecule has 4 rings (SSSR count). The van der Waals surface area contributed by atoms with Gasteiger partial charge < -0.3 is 10.1 Å². The average Bonchev–Trinajstić information content (AvgIpc) is 2.77. The first-order valence-corrected chi connectivity index (χ1v) is 9.17. The molecule has 0 aliphatic heterocycles. The van der Waals surface area contributed by atoms with Crippen LogP contribution in [0.3, 0.4) is 0 Å². The minimum Gasteiger partial charge on any atom is -0.484 e. The Morgan fingerprint density at radius 1 is 0.857 bits per heavy atom. The van der Waals surface area contributed by atoms with Crippen molar-refractivity contribution in [2.75, 3.05) is 6.61 Å². The van der Waals surface area contributed by atoms with E-state index in [9.17, 15) is 4.79 Å². The lowest BCUT2D eigenvalue weighted by molar-refractivity contribution is -0.123. The zero-order chi connectivity index (χ0) is 19.2. The number of hydrogen-bond acceptors (Lipinski definition) is 3. The maximum absolute atomic E-state index is 12.2. The van der Waals surface area contributed by atoms with Crippen molar-refractivity contribution in [1.82, 2.24) is 10.3 Å². The van der Waals surface area contributed by atoms with Gasteiger partial charge in [-0.1, -0.05) is 60.7 Å². The van der Waals surface area contributed by atoms with Crippen molar-refractivity contribution in [3.05, 3.63) is 96.8 Å². The van der Waals surface area contributed by atoms with E-state index in [0.29, 0.717) is 12.3 Å². The molecular formula is C24H20N2O2. The molecule has 0 saturated heterocycles. The quantitative estimate of drug-likeness (QED) is 0.541. The third-order valence-corrected chi connectivity index (χ3v) is 4.58. The highest BCUT2D eigenvalue weighted by Crippen LogP contribution is 2.30. The van der Waals surface area contributed by atoms with Gasteiger partial charge in [-0.15, -0.1) is 0 Å². The van der Waals surface area contributed by atoms with Crippen LogP contribution in [-0.4, -0.2) is 17.5 Å². The smallest absolute Gasteiger partial charge is 0.258 e. The third-order valence-electron chi connectivity index (χ3n) is 4.58. The third kappa shape index (κ3) is 4.01. The van der Waals surface area contributed by atoms with Crippen molar-refractivity contribution in [2.45, 2.75) is 6.54 Å². The van der Waals surface area contributed by atoms with Gasteiger partial charge in [0.1, 0.15) is 5.75 Å². The molecule has 3 aromatic carbocycles. The Morgan fingerprint density at radius 3 is 2.39 bits per heavy atom. The molecule has 0 aliphatic rings. The molecule has 1 aromatic heterocycles. The Labute approximate surface area is 163 Å². The molecule has 28 heavy (non-hydrogen) atoms. The van der Waals surface area contributed by atoms with E-state index in [1.807, 2.05) is 66.9 Å². The summed E-state index contributed by atoms with van der Waals surface area (Å²) in [6.45, 7) is 0.413. The van der Waals surface area contributed by atoms with Gasteiger partial charge >= 0.3 is 0 Å². The number of hydrogen-bond donors (Lipinski definition) is 1. The monoisotopic (exact) mass is 368 g/mol. The fourth-order valence-corrected chi connectivity index (χ4v) is 3.18. The Kier molecular flexibility index (Phi) is 5.29. The number of pyridine rings is 1. The van der Waals surface area contributed by atoms with Crippen LogP contribution in [0.5, 0.6) is 5.75 Å². The molecule has 0 bridgehead atoms. The molecule has 0 aliphatic carbocycles. The Morgan fingerprint density at radius 2 is 1.61 bits per heavy atom. The van der Waals surface area contributed by atoms with Crippen LogP contribution in [0.2, 0.25) is 0 Å². The van der Waals surface area contributed by atoms with Gasteiger partial charge in [0.15, 0.2) is 6.61 Å². The summed E-state index contributed by atoms with van der Waals surface area (Å²) in [5.41, 5.74) is 3.34. The minimum atomic E-state index is -0.159. The van der Waals surface area contributed by atoms with Crippen LogP contribution in [0, 0.1) is 0 Å². The maximum Gasteiger partial charge on any atom is 0.258 e. The van der Waals surface area contributed by atoms with Gasteiger partial charge in [-0.3, -0.25) is 9.78 Å². The first kappa shape index (κ1) is 17.7. The number of carbonyl (C=O) groups excluding carboxylic acids is 1. The lowest BCUT2D eigenvalue weighted by Gasteiger charge is -2.12. The fourth-order valence-electron chi connectivity index (χ4n) is 3.18. The zero-order valence-electron chi connectivity index (χ0n) is 15.3. The van der Waals surface area contributed by atoms with Crippen molar-refractivity contribution in [1.29, 1.82) is 0 Å². The SMILES string of the molecule is O=C(COc1ccccc1)NCc1ccc(-c2ccccc2)c2ccncc12. The van der Waals surface area contributed by atoms with E-state index in [1.54, 1.807) is 6.20 Å². The molecule has 0 unspecified atom stereocenters. The van der Waals surface area contributed by atoms with Gasteiger partial charge in [-0.25, -0.2) is 0 Å². The van der Waals surface area contributed by atoms with Gasteiger partial charge in [-0.2, -0.15) is 0 Å². The predicted molar refractivity (Wildman–Crippen MR) is 111 cm³/mol. The molecule has 0 radical (unpaired) electrons. The number of amides is 1. The van der Waals surface area contributed by atoms with E-state index in [1.165, 1.54) is 0 Å². The summed E-state index contributed by atoms with van der Waals surface area (Å²) in [5.74, 6) is 0.521. The fraction of sp³-hybridized carbons (Fsp3) is 0.0833. The van der Waals surface area contributed by atoms with Crippen LogP contribution in [0.4, 0.5) is 0 Å². The minimum absolute atomic E-state index is 0.0116. The van der Waals surface area contributed by atoms with Crippen LogP contribution in [-0.2, 0) is 11.3 Å². The number of aromatic nitrogens is 1. The van der Waals surface area contributed by atoms with Crippen molar-refractivity contribution >= 4 is 16.7 Å². The van der Waals surface area contributed by atoms with E-state index in [-0.39, 0.29) is 12.5 Å². The van der Waals surface area contributed by atoms with Crippen molar-refractivity contribution in [2.24, 2.45) is 0 Å². The second kappa shape index (κ2) is 8.35. The van der Waals surface area contributed by atoms with Crippen molar-refractivity contribution in [3.8, 4) is 16.9 Å². The lowest BCUT2D eigenvalue weighted by Crippen LogP contribution is -2.28. The zero-order valence-corrected chi connectivity index (χ0v) is 15.3. The van der Waals surface area contributed by atoms with E-state index in [2.05, 4.69) is 28.5 Å². The molecule has 0 spiro atoms. The molecule has 138 valence electrons. The summed E-state index contributed by atoms with van der Waals surface area (Å²) in [4.78, 5) is 16.4. The van der Waals surface area contributed by atoms with E-state index >= 15 is 0 Å². The van der Waals surface area contributed by atoms with Gasteiger partial charge in [0, 0.05) is 24.3 Å². The highest BCUT2D eigenvalue weighted by molar-refractivity contribution is 5.98. The highest BCUT2D eigenvalue weighted by Gasteiger charge is 2.09. The van der Waals surface area contributed by atoms with Crippen molar-refractivity contribution in [3.63, 3.8) is 0 Å². The van der Waals surface area contributed by atoms with Crippen LogP contribution in [0.15, 0.2) is 91.3 Å². The Hall–Kier alpha value is -3.66. The van der Waals surface area contributed by atoms with E-state index < -0.39 is 0 Å². The van der Waals surface area contributed by atoms with Crippen LogP contribution in [0.1, 0.15) is 5.56 Å². The average molecular weight is 368 g/mol. The maximum atomic E-state index is 12.2. The predicted octanol–water partition coefficient (Wildman–Crippen LogP) is 4.60. The molecule has 1 N–H and O–H groups in total. The van der Waals surface area contributed by atoms with Gasteiger partial charge in [0.25, 0.3) is 5.91 Å². The molecule has 0 saturated carbocycles. The summed E-state index contributed by atoms with van der Waals surface area (Å²) in [7, 11) is 0. The molecule has 1 heterocycles. The normalized spacial score (nSPS) is 10.6. The van der Waals surface area contributed by atoms with Crippen LogP contribution in [0.25, 0.3) is 21.9 Å². The van der Waals surface area contributed by atoms with Crippen molar-refractivity contribution < 1.29 is 9.53 Å². The standard InChI is InChI=1S/C24H20N2O2/c27-24(17-28-20-9-5-2-6-10-20)26-15-19-11-12-21(18-7-3-1-4-8-18)22-13-14-25-16-23(19)22/h1-14,16H,15,17H2,(H,26,27). The first-order valence-electron chi connectivity index (χ1n) is 9.17. The molecule has 4 aromatic rings. The first-order chi connectivity index (χ1) is 13.8. The molecule has 0 fully saturated rings. The summed E-state index contributed by atoms with van der Waals surface area (Å²) in [6.07, 6.45) is 3.65. The number of nitrogens with zero attached hydrogens (tertiary/aromatic N) is 1. The highest BCUT2D eigenvalue weighted by atomic mass is 16.5. The number of ether oxygens (including phenoxy) is 1. The Balaban J connectivity index is 1.49. The number of fused-ring (bicyclic) bond motifs is 1. The lowest BCUT2D eigenvalue weighted by atomic mass is 9.96. The second-order valence-corrected chi connectivity index (χ2v) is 6.44. The van der Waals surface area contributed by atoms with Crippen LogP contribution >= 0.6 is 0 Å². The number of para-hydroxylation sites is 1. The number of nitrogens with one attached hydrogen (secondary N) is 1. The van der Waals surface area contributed by atoms with E-state index in [4.69, 9.17) is 4.74 Å². The number of rotatable bonds is 6. The molecular weight excluding hydrogens is 348 g/mol. The van der Waals surface area contributed by atoms with Gasteiger partial charge in [0.2, 0.25) is 0 Å². The molecule has 1 amide bonds. The second-order valence-electron chi connectivity index (χ2n) is 6.44. The molecule has 4 heteroatoms. The van der Waals surface area contributed by atoms with Crippen LogP contribution < -0.4 is 10.1 Å². The molecule has 4 nitrogen and oxygen atoms in total. The summed E-state index contributed by atoms with van der Waals surface area (Å²) in [5, 5.41) is 5.08.